The minimum atomic E-state index is 0.593. The van der Waals surface area contributed by atoms with Gasteiger partial charge in [0.1, 0.15) is 5.75 Å². The standard InChI is InChI=1S/C10H10ClNO/c1-2-6-7-3-4-13-10(7)8(11)5-9(6)12/h2,5H,1,3-4,12H2. The molecule has 1 aliphatic rings. The molecule has 1 aliphatic heterocycles. The van der Waals surface area contributed by atoms with Crippen molar-refractivity contribution in [3.05, 3.63) is 28.8 Å². The first-order valence-electron chi connectivity index (χ1n) is 4.10. The third-order valence-corrected chi connectivity index (χ3v) is 2.49. The van der Waals surface area contributed by atoms with Gasteiger partial charge in [-0.05, 0) is 6.07 Å². The zero-order valence-electron chi connectivity index (χ0n) is 7.14. The van der Waals surface area contributed by atoms with E-state index in [0.717, 1.165) is 23.3 Å². The van der Waals surface area contributed by atoms with Crippen LogP contribution in [0.2, 0.25) is 5.02 Å². The van der Waals surface area contributed by atoms with Gasteiger partial charge in [-0.2, -0.15) is 0 Å². The van der Waals surface area contributed by atoms with Crippen molar-refractivity contribution < 1.29 is 4.74 Å². The van der Waals surface area contributed by atoms with Crippen LogP contribution in [0.25, 0.3) is 6.08 Å². The number of fused-ring (bicyclic) bond motifs is 1. The summed E-state index contributed by atoms with van der Waals surface area (Å²) in [5.41, 5.74) is 8.50. The van der Waals surface area contributed by atoms with Gasteiger partial charge in [0.05, 0.1) is 11.6 Å². The average Bonchev–Trinajstić information content (AvgIpc) is 2.53. The van der Waals surface area contributed by atoms with Crippen molar-refractivity contribution in [1.82, 2.24) is 0 Å². The molecule has 0 fully saturated rings. The molecule has 2 N–H and O–H groups in total. The summed E-state index contributed by atoms with van der Waals surface area (Å²) >= 11 is 5.96. The molecule has 0 saturated carbocycles. The highest BCUT2D eigenvalue weighted by Gasteiger charge is 2.20. The van der Waals surface area contributed by atoms with E-state index < -0.39 is 0 Å². The van der Waals surface area contributed by atoms with E-state index >= 15 is 0 Å². The second-order valence-electron chi connectivity index (χ2n) is 2.97. The fourth-order valence-electron chi connectivity index (χ4n) is 1.62. The number of halogens is 1. The fourth-order valence-corrected chi connectivity index (χ4v) is 1.91. The maximum Gasteiger partial charge on any atom is 0.141 e. The topological polar surface area (TPSA) is 35.2 Å². The Morgan fingerprint density at radius 1 is 1.62 bits per heavy atom. The van der Waals surface area contributed by atoms with Gasteiger partial charge in [0, 0.05) is 23.2 Å². The van der Waals surface area contributed by atoms with E-state index in [9.17, 15) is 0 Å². The Labute approximate surface area is 82.0 Å². The lowest BCUT2D eigenvalue weighted by Crippen LogP contribution is -1.93. The quantitative estimate of drug-likeness (QED) is 0.699. The minimum absolute atomic E-state index is 0.593. The van der Waals surface area contributed by atoms with Gasteiger partial charge >= 0.3 is 0 Å². The lowest BCUT2D eigenvalue weighted by atomic mass is 10.0. The van der Waals surface area contributed by atoms with Gasteiger partial charge in [-0.25, -0.2) is 0 Å². The second kappa shape index (κ2) is 2.96. The number of anilines is 1. The van der Waals surface area contributed by atoms with E-state index in [0.29, 0.717) is 17.3 Å². The van der Waals surface area contributed by atoms with E-state index in [1.54, 1.807) is 12.1 Å². The largest absolute Gasteiger partial charge is 0.491 e. The van der Waals surface area contributed by atoms with Gasteiger partial charge in [-0.15, -0.1) is 0 Å². The highest BCUT2D eigenvalue weighted by atomic mass is 35.5. The SMILES string of the molecule is C=Cc1c(N)cc(Cl)c2c1CCO2. The summed E-state index contributed by atoms with van der Waals surface area (Å²) in [4.78, 5) is 0. The van der Waals surface area contributed by atoms with E-state index in [1.807, 2.05) is 0 Å². The van der Waals surface area contributed by atoms with Crippen LogP contribution in [-0.4, -0.2) is 6.61 Å². The number of ether oxygens (including phenoxy) is 1. The molecule has 0 atom stereocenters. The van der Waals surface area contributed by atoms with Crippen LogP contribution in [0.3, 0.4) is 0 Å². The smallest absolute Gasteiger partial charge is 0.141 e. The predicted octanol–water partition coefficient (Wildman–Crippen LogP) is 2.50. The lowest BCUT2D eigenvalue weighted by Gasteiger charge is -2.08. The van der Waals surface area contributed by atoms with Gasteiger partial charge in [0.15, 0.2) is 0 Å². The Bertz CT molecular complexity index is 374. The molecule has 0 spiro atoms. The van der Waals surface area contributed by atoms with Crippen molar-refractivity contribution in [1.29, 1.82) is 0 Å². The van der Waals surface area contributed by atoms with Crippen molar-refractivity contribution in [2.24, 2.45) is 0 Å². The molecule has 2 rings (SSSR count). The normalized spacial score (nSPS) is 13.6. The molecule has 0 radical (unpaired) electrons. The highest BCUT2D eigenvalue weighted by molar-refractivity contribution is 6.32. The van der Waals surface area contributed by atoms with Gasteiger partial charge in [0.25, 0.3) is 0 Å². The number of hydrogen-bond acceptors (Lipinski definition) is 2. The van der Waals surface area contributed by atoms with E-state index in [4.69, 9.17) is 22.1 Å². The first-order valence-corrected chi connectivity index (χ1v) is 4.48. The Kier molecular flexibility index (Phi) is 1.93. The van der Waals surface area contributed by atoms with E-state index in [2.05, 4.69) is 6.58 Å². The van der Waals surface area contributed by atoms with Crippen LogP contribution in [-0.2, 0) is 6.42 Å². The summed E-state index contributed by atoms with van der Waals surface area (Å²) in [5, 5.41) is 0.593. The maximum absolute atomic E-state index is 5.96. The second-order valence-corrected chi connectivity index (χ2v) is 3.38. The first kappa shape index (κ1) is 8.45. The zero-order valence-corrected chi connectivity index (χ0v) is 7.90. The molecule has 2 nitrogen and oxygen atoms in total. The molecular formula is C10H10ClNO. The Balaban J connectivity index is 2.71. The molecule has 0 bridgehead atoms. The van der Waals surface area contributed by atoms with Crippen molar-refractivity contribution in [2.75, 3.05) is 12.3 Å². The van der Waals surface area contributed by atoms with Gasteiger partial charge in [-0.1, -0.05) is 24.3 Å². The molecule has 1 aromatic carbocycles. The van der Waals surface area contributed by atoms with Crippen molar-refractivity contribution >= 4 is 23.4 Å². The fraction of sp³-hybridized carbons (Fsp3) is 0.200. The summed E-state index contributed by atoms with van der Waals surface area (Å²) in [6.45, 7) is 4.40. The summed E-state index contributed by atoms with van der Waals surface area (Å²) in [5.74, 6) is 0.769. The molecule has 13 heavy (non-hydrogen) atoms. The summed E-state index contributed by atoms with van der Waals surface area (Å²) in [7, 11) is 0. The molecule has 0 aliphatic carbocycles. The Morgan fingerprint density at radius 2 is 2.38 bits per heavy atom. The molecular weight excluding hydrogens is 186 g/mol. The number of rotatable bonds is 1. The number of nitrogens with two attached hydrogens (primary N) is 1. The number of benzene rings is 1. The zero-order chi connectivity index (χ0) is 9.42. The summed E-state index contributed by atoms with van der Waals surface area (Å²) < 4.78 is 5.39. The maximum atomic E-state index is 5.96. The van der Waals surface area contributed by atoms with Crippen LogP contribution < -0.4 is 10.5 Å². The number of hydrogen-bond donors (Lipinski definition) is 1. The van der Waals surface area contributed by atoms with Crippen molar-refractivity contribution in [3.63, 3.8) is 0 Å². The first-order chi connectivity index (χ1) is 6.24. The average molecular weight is 196 g/mol. The molecule has 1 heterocycles. The monoisotopic (exact) mass is 195 g/mol. The molecule has 0 amide bonds. The van der Waals surface area contributed by atoms with Crippen LogP contribution in [0.5, 0.6) is 5.75 Å². The lowest BCUT2D eigenvalue weighted by molar-refractivity contribution is 0.357. The van der Waals surface area contributed by atoms with E-state index in [-0.39, 0.29) is 0 Å². The summed E-state index contributed by atoms with van der Waals surface area (Å²) in [6, 6.07) is 1.71. The van der Waals surface area contributed by atoms with Gasteiger partial charge in [-0.3, -0.25) is 0 Å². The molecule has 0 aromatic heterocycles. The van der Waals surface area contributed by atoms with Crippen molar-refractivity contribution in [3.8, 4) is 5.75 Å². The molecule has 0 saturated heterocycles. The van der Waals surface area contributed by atoms with Gasteiger partial charge in [0.2, 0.25) is 0 Å². The van der Waals surface area contributed by atoms with Crippen LogP contribution in [0.1, 0.15) is 11.1 Å². The van der Waals surface area contributed by atoms with Crippen molar-refractivity contribution in [2.45, 2.75) is 6.42 Å². The van der Waals surface area contributed by atoms with Crippen LogP contribution in [0.4, 0.5) is 5.69 Å². The summed E-state index contributed by atoms with van der Waals surface area (Å²) in [6.07, 6.45) is 2.61. The van der Waals surface area contributed by atoms with Crippen LogP contribution in [0.15, 0.2) is 12.6 Å². The highest BCUT2D eigenvalue weighted by Crippen LogP contribution is 2.39. The molecule has 3 heteroatoms. The van der Waals surface area contributed by atoms with E-state index in [1.165, 1.54) is 0 Å². The van der Waals surface area contributed by atoms with Crippen LogP contribution in [0, 0.1) is 0 Å². The molecule has 1 aromatic rings. The Hall–Kier alpha value is -1.15. The molecule has 68 valence electrons. The predicted molar refractivity (Wildman–Crippen MR) is 55.2 cm³/mol. The Morgan fingerprint density at radius 3 is 3.08 bits per heavy atom. The van der Waals surface area contributed by atoms with Gasteiger partial charge < -0.3 is 10.5 Å². The minimum Gasteiger partial charge on any atom is -0.491 e. The molecule has 0 unspecified atom stereocenters. The third kappa shape index (κ3) is 1.18. The number of nitrogen functional groups attached to an aromatic ring is 1. The third-order valence-electron chi connectivity index (χ3n) is 2.21. The van der Waals surface area contributed by atoms with Crippen LogP contribution >= 0.6 is 11.6 Å².